The molecule has 0 saturated carbocycles. The van der Waals surface area contributed by atoms with Gasteiger partial charge < -0.3 is 24.8 Å². The highest BCUT2D eigenvalue weighted by molar-refractivity contribution is 6.01. The molecule has 2 N–H and O–H groups in total. The molecule has 1 aliphatic heterocycles. The average Bonchev–Trinajstić information content (AvgIpc) is 3.22. The van der Waals surface area contributed by atoms with Gasteiger partial charge >= 0.3 is 0 Å². The summed E-state index contributed by atoms with van der Waals surface area (Å²) in [7, 11) is 0. The molecule has 7 heteroatoms. The predicted octanol–water partition coefficient (Wildman–Crippen LogP) is 3.11. The molecule has 0 aliphatic carbocycles. The number of ether oxygens (including phenoxy) is 1. The van der Waals surface area contributed by atoms with E-state index < -0.39 is 0 Å². The quantitative estimate of drug-likeness (QED) is 0.659. The van der Waals surface area contributed by atoms with Crippen molar-refractivity contribution in [1.29, 1.82) is 0 Å². The van der Waals surface area contributed by atoms with Crippen LogP contribution < -0.4 is 10.2 Å². The van der Waals surface area contributed by atoms with Gasteiger partial charge in [-0.3, -0.25) is 9.59 Å². The second kappa shape index (κ2) is 9.00. The maximum absolute atomic E-state index is 12.9. The number of anilines is 2. The lowest BCUT2D eigenvalue weighted by Gasteiger charge is -2.29. The zero-order chi connectivity index (χ0) is 20.9. The number of hydrogen-bond acceptors (Lipinski definition) is 4. The van der Waals surface area contributed by atoms with Crippen molar-refractivity contribution >= 4 is 34.1 Å². The molecule has 30 heavy (non-hydrogen) atoms. The maximum atomic E-state index is 12.9. The van der Waals surface area contributed by atoms with Gasteiger partial charge in [-0.15, -0.1) is 0 Å². The Hall–Kier alpha value is -3.32. The van der Waals surface area contributed by atoms with Crippen molar-refractivity contribution in [3.05, 3.63) is 60.3 Å². The molecule has 2 heterocycles. The van der Waals surface area contributed by atoms with E-state index >= 15 is 0 Å². The molecule has 0 radical (unpaired) electrons. The molecule has 1 aliphatic rings. The van der Waals surface area contributed by atoms with Gasteiger partial charge in [0, 0.05) is 41.9 Å². The smallest absolute Gasteiger partial charge is 0.270 e. The van der Waals surface area contributed by atoms with Crippen LogP contribution in [-0.4, -0.2) is 61.1 Å². The molecule has 2 aromatic carbocycles. The van der Waals surface area contributed by atoms with E-state index in [-0.39, 0.29) is 18.4 Å². The Kier molecular flexibility index (Phi) is 5.99. The van der Waals surface area contributed by atoms with Crippen LogP contribution >= 0.6 is 0 Å². The summed E-state index contributed by atoms with van der Waals surface area (Å²) < 4.78 is 5.38. The molecule has 2 amide bonds. The molecule has 1 aromatic heterocycles. The lowest BCUT2D eigenvalue weighted by molar-refractivity contribution is -0.116. The van der Waals surface area contributed by atoms with Crippen LogP contribution in [0.15, 0.2) is 54.6 Å². The van der Waals surface area contributed by atoms with E-state index in [0.717, 1.165) is 42.9 Å². The summed E-state index contributed by atoms with van der Waals surface area (Å²) in [5.74, 6) is -0.410. The van der Waals surface area contributed by atoms with Crippen molar-refractivity contribution in [2.24, 2.45) is 0 Å². The minimum atomic E-state index is -0.222. The molecule has 156 valence electrons. The first-order chi connectivity index (χ1) is 14.6. The topological polar surface area (TPSA) is 77.7 Å². The van der Waals surface area contributed by atoms with Gasteiger partial charge in [0.15, 0.2) is 0 Å². The van der Waals surface area contributed by atoms with E-state index in [0.29, 0.717) is 17.9 Å². The summed E-state index contributed by atoms with van der Waals surface area (Å²) in [6.07, 6.45) is 0. The zero-order valence-electron chi connectivity index (χ0n) is 17.1. The number of nitrogens with zero attached hydrogens (tertiary/aromatic N) is 2. The second-order valence-electron chi connectivity index (χ2n) is 7.28. The minimum Gasteiger partial charge on any atom is -0.378 e. The van der Waals surface area contributed by atoms with Crippen LogP contribution in [0.25, 0.3) is 10.9 Å². The molecule has 0 unspecified atom stereocenters. The number of H-pyrrole nitrogens is 1. The highest BCUT2D eigenvalue weighted by Crippen LogP contribution is 2.19. The number of carbonyl (C=O) groups is 2. The predicted molar refractivity (Wildman–Crippen MR) is 118 cm³/mol. The SMILES string of the molecule is CCN(CC(=O)Nc1ccc(N2CCOCC2)cc1)C(=O)c1cc2ccccc2[nH]1. The van der Waals surface area contributed by atoms with Gasteiger partial charge in [0.05, 0.1) is 13.2 Å². The number of rotatable bonds is 6. The van der Waals surface area contributed by atoms with Crippen LogP contribution in [0.2, 0.25) is 0 Å². The number of fused-ring (bicyclic) bond motifs is 1. The number of aromatic amines is 1. The van der Waals surface area contributed by atoms with E-state index in [1.54, 1.807) is 0 Å². The zero-order valence-corrected chi connectivity index (χ0v) is 17.1. The van der Waals surface area contributed by atoms with Gasteiger partial charge in [-0.05, 0) is 43.3 Å². The van der Waals surface area contributed by atoms with Crippen LogP contribution in [0.4, 0.5) is 11.4 Å². The lowest BCUT2D eigenvalue weighted by atomic mass is 10.2. The third-order valence-corrected chi connectivity index (χ3v) is 5.29. The largest absolute Gasteiger partial charge is 0.378 e. The van der Waals surface area contributed by atoms with Gasteiger partial charge in [0.2, 0.25) is 5.91 Å². The van der Waals surface area contributed by atoms with Gasteiger partial charge in [0.1, 0.15) is 12.2 Å². The normalized spacial score (nSPS) is 14.0. The standard InChI is InChI=1S/C23H26N4O3/c1-2-26(23(29)21-15-17-5-3-4-6-20(17)25-21)16-22(28)24-18-7-9-19(10-8-18)27-11-13-30-14-12-27/h3-10,15,25H,2,11-14,16H2,1H3,(H,24,28). The van der Waals surface area contributed by atoms with E-state index in [1.807, 2.05) is 61.5 Å². The average molecular weight is 406 g/mol. The van der Waals surface area contributed by atoms with Gasteiger partial charge in [0.25, 0.3) is 5.91 Å². The molecule has 3 aromatic rings. The van der Waals surface area contributed by atoms with Crippen molar-refractivity contribution < 1.29 is 14.3 Å². The Morgan fingerprint density at radius 2 is 1.83 bits per heavy atom. The third-order valence-electron chi connectivity index (χ3n) is 5.29. The number of aromatic nitrogens is 1. The van der Waals surface area contributed by atoms with Gasteiger partial charge in [-0.1, -0.05) is 18.2 Å². The minimum absolute atomic E-state index is 0.00405. The Morgan fingerprint density at radius 1 is 1.10 bits per heavy atom. The highest BCUT2D eigenvalue weighted by Gasteiger charge is 2.19. The van der Waals surface area contributed by atoms with Crippen LogP contribution in [0, 0.1) is 0 Å². The van der Waals surface area contributed by atoms with Crippen molar-refractivity contribution in [3.63, 3.8) is 0 Å². The molecular formula is C23H26N4O3. The number of nitrogens with one attached hydrogen (secondary N) is 2. The summed E-state index contributed by atoms with van der Waals surface area (Å²) in [6, 6.07) is 17.3. The Labute approximate surface area is 175 Å². The number of benzene rings is 2. The Morgan fingerprint density at radius 3 is 2.53 bits per heavy atom. The summed E-state index contributed by atoms with van der Waals surface area (Å²) >= 11 is 0. The number of amides is 2. The highest BCUT2D eigenvalue weighted by atomic mass is 16.5. The number of likely N-dealkylation sites (N-methyl/N-ethyl adjacent to an activating group) is 1. The number of carbonyl (C=O) groups excluding carboxylic acids is 2. The van der Waals surface area contributed by atoms with E-state index in [2.05, 4.69) is 15.2 Å². The first-order valence-electron chi connectivity index (χ1n) is 10.2. The maximum Gasteiger partial charge on any atom is 0.270 e. The van der Waals surface area contributed by atoms with E-state index in [1.165, 1.54) is 4.90 Å². The first-order valence-corrected chi connectivity index (χ1v) is 10.2. The van der Waals surface area contributed by atoms with Crippen molar-refractivity contribution in [2.75, 3.05) is 49.6 Å². The first kappa shape index (κ1) is 20.0. The monoisotopic (exact) mass is 406 g/mol. The molecule has 1 saturated heterocycles. The fourth-order valence-corrected chi connectivity index (χ4v) is 3.64. The summed E-state index contributed by atoms with van der Waals surface area (Å²) in [4.78, 5) is 32.3. The molecule has 1 fully saturated rings. The Balaban J connectivity index is 1.37. The van der Waals surface area contributed by atoms with Crippen LogP contribution in [0.3, 0.4) is 0 Å². The van der Waals surface area contributed by atoms with Crippen molar-refractivity contribution in [3.8, 4) is 0 Å². The van der Waals surface area contributed by atoms with Crippen LogP contribution in [0.1, 0.15) is 17.4 Å². The van der Waals surface area contributed by atoms with Gasteiger partial charge in [-0.2, -0.15) is 0 Å². The fraction of sp³-hybridized carbons (Fsp3) is 0.304. The summed E-state index contributed by atoms with van der Waals surface area (Å²) in [5.41, 5.74) is 3.22. The summed E-state index contributed by atoms with van der Waals surface area (Å²) in [5, 5.41) is 3.86. The number of para-hydroxylation sites is 1. The molecule has 0 spiro atoms. The summed E-state index contributed by atoms with van der Waals surface area (Å²) in [6.45, 7) is 5.50. The van der Waals surface area contributed by atoms with Crippen LogP contribution in [-0.2, 0) is 9.53 Å². The lowest BCUT2D eigenvalue weighted by Crippen LogP contribution is -2.38. The molecule has 0 bridgehead atoms. The number of hydrogen-bond donors (Lipinski definition) is 2. The molecule has 0 atom stereocenters. The van der Waals surface area contributed by atoms with Crippen LogP contribution in [0.5, 0.6) is 0 Å². The van der Waals surface area contributed by atoms with Crippen molar-refractivity contribution in [2.45, 2.75) is 6.92 Å². The number of morpholine rings is 1. The fourth-order valence-electron chi connectivity index (χ4n) is 3.64. The Bertz CT molecular complexity index is 989. The van der Waals surface area contributed by atoms with E-state index in [4.69, 9.17) is 4.74 Å². The molecule has 4 rings (SSSR count). The van der Waals surface area contributed by atoms with E-state index in [9.17, 15) is 9.59 Å². The van der Waals surface area contributed by atoms with Gasteiger partial charge in [-0.25, -0.2) is 0 Å². The molecule has 7 nitrogen and oxygen atoms in total. The molecular weight excluding hydrogens is 380 g/mol. The van der Waals surface area contributed by atoms with Crippen molar-refractivity contribution in [1.82, 2.24) is 9.88 Å². The third kappa shape index (κ3) is 4.46. The second-order valence-corrected chi connectivity index (χ2v) is 7.28.